The van der Waals surface area contributed by atoms with Crippen molar-refractivity contribution in [3.05, 3.63) is 35.4 Å². The fourth-order valence-electron chi connectivity index (χ4n) is 3.21. The molecule has 0 saturated carbocycles. The Bertz CT molecular complexity index is 803. The Morgan fingerprint density at radius 2 is 2.03 bits per heavy atom. The van der Waals surface area contributed by atoms with Crippen molar-refractivity contribution in [2.24, 2.45) is 10.9 Å². The molecular weight excluding hydrogens is 540 g/mol. The summed E-state index contributed by atoms with van der Waals surface area (Å²) in [5.74, 6) is -0.403. The van der Waals surface area contributed by atoms with Gasteiger partial charge in [-0.3, -0.25) is 9.59 Å². The van der Waals surface area contributed by atoms with Crippen LogP contribution in [0, 0.1) is 5.92 Å². The Morgan fingerprint density at radius 3 is 2.66 bits per heavy atom. The molecule has 0 aliphatic carbocycles. The highest BCUT2D eigenvalue weighted by Gasteiger charge is 2.31. The van der Waals surface area contributed by atoms with Gasteiger partial charge in [-0.2, -0.15) is 13.2 Å². The van der Waals surface area contributed by atoms with Crippen molar-refractivity contribution < 1.29 is 27.5 Å². The summed E-state index contributed by atoms with van der Waals surface area (Å²) in [4.78, 5) is 31.9. The van der Waals surface area contributed by atoms with E-state index in [1.807, 2.05) is 4.90 Å². The van der Waals surface area contributed by atoms with E-state index >= 15 is 0 Å². The van der Waals surface area contributed by atoms with Crippen molar-refractivity contribution in [3.63, 3.8) is 0 Å². The molecule has 11 heteroatoms. The standard InChI is InChI=1S/C21H29F3N4O3.HI/c1-4-31-19(30)16-8-6-10-28(14-16)20(26-13-18(29)27(2)3)25-12-15-7-5-9-17(11-15)21(22,23)24;/h5,7,9,11,16H,4,6,8,10,12-14H2,1-3H3,(H,25,26);1H. The minimum absolute atomic E-state index is 0. The number of hydrogen-bond donors (Lipinski definition) is 1. The average molecular weight is 570 g/mol. The molecule has 180 valence electrons. The highest BCUT2D eigenvalue weighted by molar-refractivity contribution is 14.0. The molecule has 1 amide bonds. The summed E-state index contributed by atoms with van der Waals surface area (Å²) >= 11 is 0. The van der Waals surface area contributed by atoms with Gasteiger partial charge in [-0.25, -0.2) is 4.99 Å². The van der Waals surface area contributed by atoms with Gasteiger partial charge in [0.1, 0.15) is 0 Å². The fraction of sp³-hybridized carbons (Fsp3) is 0.571. The number of aliphatic imine (C=N–C) groups is 1. The van der Waals surface area contributed by atoms with E-state index in [4.69, 9.17) is 4.74 Å². The predicted molar refractivity (Wildman–Crippen MR) is 126 cm³/mol. The Hall–Kier alpha value is -2.05. The number of alkyl halides is 3. The second kappa shape index (κ2) is 12.9. The van der Waals surface area contributed by atoms with E-state index in [9.17, 15) is 22.8 Å². The lowest BCUT2D eigenvalue weighted by atomic mass is 9.98. The molecule has 1 atom stereocenters. The Labute approximate surface area is 203 Å². The number of likely N-dealkylation sites (N-methyl/N-ethyl adjacent to an activating group) is 1. The molecule has 1 aromatic rings. The number of esters is 1. The number of halogens is 4. The molecule has 7 nitrogen and oxygen atoms in total. The smallest absolute Gasteiger partial charge is 0.416 e. The molecular formula is C21H30F3IN4O3. The highest BCUT2D eigenvalue weighted by Crippen LogP contribution is 2.29. The van der Waals surface area contributed by atoms with Crippen LogP contribution in [0.25, 0.3) is 0 Å². The number of benzene rings is 1. The van der Waals surface area contributed by atoms with E-state index in [1.165, 1.54) is 11.0 Å². The molecule has 1 unspecified atom stereocenters. The van der Waals surface area contributed by atoms with Crippen LogP contribution in [0.5, 0.6) is 0 Å². The topological polar surface area (TPSA) is 74.2 Å². The highest BCUT2D eigenvalue weighted by atomic mass is 127. The van der Waals surface area contributed by atoms with E-state index in [2.05, 4.69) is 10.3 Å². The first kappa shape index (κ1) is 28.0. The summed E-state index contributed by atoms with van der Waals surface area (Å²) in [6, 6.07) is 4.98. The number of hydrogen-bond acceptors (Lipinski definition) is 4. The third-order valence-corrected chi connectivity index (χ3v) is 4.90. The Balaban J connectivity index is 0.00000512. The zero-order chi connectivity index (χ0) is 23.0. The zero-order valence-electron chi connectivity index (χ0n) is 18.4. The Kier molecular flexibility index (Phi) is 11.2. The number of guanidine groups is 1. The number of ether oxygens (including phenoxy) is 1. The van der Waals surface area contributed by atoms with E-state index in [1.54, 1.807) is 27.1 Å². The summed E-state index contributed by atoms with van der Waals surface area (Å²) in [7, 11) is 3.25. The molecule has 0 aromatic heterocycles. The van der Waals surface area contributed by atoms with Gasteiger partial charge in [-0.15, -0.1) is 24.0 Å². The minimum atomic E-state index is -4.43. The number of rotatable bonds is 6. The first-order chi connectivity index (χ1) is 14.6. The zero-order valence-corrected chi connectivity index (χ0v) is 20.8. The summed E-state index contributed by atoms with van der Waals surface area (Å²) in [5.41, 5.74) is -0.343. The van der Waals surface area contributed by atoms with Crippen LogP contribution in [0.15, 0.2) is 29.3 Å². The van der Waals surface area contributed by atoms with Crippen molar-refractivity contribution in [3.8, 4) is 0 Å². The van der Waals surface area contributed by atoms with Crippen LogP contribution < -0.4 is 5.32 Å². The maximum absolute atomic E-state index is 13.0. The summed E-state index contributed by atoms with van der Waals surface area (Å²) < 4.78 is 44.1. The molecule has 1 saturated heterocycles. The van der Waals surface area contributed by atoms with E-state index in [0.29, 0.717) is 37.6 Å². The van der Waals surface area contributed by atoms with E-state index in [0.717, 1.165) is 18.6 Å². The summed E-state index contributed by atoms with van der Waals surface area (Å²) in [6.45, 7) is 3.00. The largest absolute Gasteiger partial charge is 0.466 e. The van der Waals surface area contributed by atoms with Gasteiger partial charge < -0.3 is 19.9 Å². The molecule has 1 N–H and O–H groups in total. The monoisotopic (exact) mass is 570 g/mol. The van der Waals surface area contributed by atoms with Gasteiger partial charge in [0.15, 0.2) is 5.96 Å². The molecule has 1 aliphatic rings. The molecule has 1 fully saturated rings. The quantitative estimate of drug-likeness (QED) is 0.246. The molecule has 1 heterocycles. The van der Waals surface area contributed by atoms with Crippen molar-refractivity contribution in [2.75, 3.05) is 40.3 Å². The molecule has 2 rings (SSSR count). The predicted octanol–water partition coefficient (Wildman–Crippen LogP) is 3.13. The number of nitrogens with zero attached hydrogens (tertiary/aromatic N) is 3. The number of carbonyl (C=O) groups is 2. The van der Waals surface area contributed by atoms with Gasteiger partial charge in [0.2, 0.25) is 5.91 Å². The maximum Gasteiger partial charge on any atom is 0.416 e. The van der Waals surface area contributed by atoms with Gasteiger partial charge >= 0.3 is 12.1 Å². The summed E-state index contributed by atoms with van der Waals surface area (Å²) in [5, 5.41) is 2.99. The van der Waals surface area contributed by atoms with Crippen LogP contribution in [-0.2, 0) is 27.0 Å². The van der Waals surface area contributed by atoms with Crippen molar-refractivity contribution in [1.82, 2.24) is 15.1 Å². The lowest BCUT2D eigenvalue weighted by Crippen LogP contribution is -2.50. The second-order valence-electron chi connectivity index (χ2n) is 7.52. The number of piperidine rings is 1. The molecule has 0 bridgehead atoms. The van der Waals surface area contributed by atoms with Gasteiger partial charge in [-0.1, -0.05) is 12.1 Å². The summed E-state index contributed by atoms with van der Waals surface area (Å²) in [6.07, 6.45) is -3.01. The molecule has 1 aromatic carbocycles. The molecule has 0 spiro atoms. The SMILES string of the molecule is CCOC(=O)C1CCCN(C(=NCc2cccc(C(F)(F)F)c2)NCC(=O)N(C)C)C1.I. The third kappa shape index (κ3) is 8.47. The first-order valence-corrected chi connectivity index (χ1v) is 10.2. The number of amides is 1. The number of carbonyl (C=O) groups excluding carboxylic acids is 2. The fourth-order valence-corrected chi connectivity index (χ4v) is 3.21. The molecule has 32 heavy (non-hydrogen) atoms. The van der Waals surface area contributed by atoms with Crippen molar-refractivity contribution in [1.29, 1.82) is 0 Å². The third-order valence-electron chi connectivity index (χ3n) is 4.90. The minimum Gasteiger partial charge on any atom is -0.466 e. The van der Waals surface area contributed by atoms with Crippen LogP contribution >= 0.6 is 24.0 Å². The van der Waals surface area contributed by atoms with Crippen LogP contribution in [0.2, 0.25) is 0 Å². The van der Waals surface area contributed by atoms with Crippen LogP contribution in [0.3, 0.4) is 0 Å². The van der Waals surface area contributed by atoms with Crippen molar-refractivity contribution >= 4 is 41.8 Å². The normalized spacial score (nSPS) is 16.8. The first-order valence-electron chi connectivity index (χ1n) is 10.2. The van der Waals surface area contributed by atoms with Gasteiger partial charge in [0.05, 0.1) is 31.2 Å². The van der Waals surface area contributed by atoms with Gasteiger partial charge in [0.25, 0.3) is 0 Å². The molecule has 0 radical (unpaired) electrons. The van der Waals surface area contributed by atoms with E-state index < -0.39 is 11.7 Å². The lowest BCUT2D eigenvalue weighted by molar-refractivity contribution is -0.149. The van der Waals surface area contributed by atoms with Gasteiger partial charge in [-0.05, 0) is 37.5 Å². The van der Waals surface area contributed by atoms with Crippen LogP contribution in [0.1, 0.15) is 30.9 Å². The number of likely N-dealkylation sites (tertiary alicyclic amines) is 1. The Morgan fingerprint density at radius 1 is 1.31 bits per heavy atom. The van der Waals surface area contributed by atoms with Gasteiger partial charge in [0, 0.05) is 27.2 Å². The van der Waals surface area contributed by atoms with E-state index in [-0.39, 0.29) is 54.9 Å². The second-order valence-corrected chi connectivity index (χ2v) is 7.52. The molecule has 1 aliphatic heterocycles. The average Bonchev–Trinajstić information content (AvgIpc) is 2.73. The number of nitrogens with one attached hydrogen (secondary N) is 1. The van der Waals surface area contributed by atoms with Crippen molar-refractivity contribution in [2.45, 2.75) is 32.5 Å². The van der Waals surface area contributed by atoms with Crippen LogP contribution in [-0.4, -0.2) is 68.0 Å². The lowest BCUT2D eigenvalue weighted by Gasteiger charge is -2.34. The van der Waals surface area contributed by atoms with Crippen LogP contribution in [0.4, 0.5) is 13.2 Å². The maximum atomic E-state index is 13.0.